The van der Waals surface area contributed by atoms with Gasteiger partial charge in [-0.25, -0.2) is 5.43 Å². The molecule has 1 atom stereocenters. The molecular weight excluding hydrogens is 308 g/mol. The highest BCUT2D eigenvalue weighted by atomic mass is 16.6. The lowest BCUT2D eigenvalue weighted by molar-refractivity contribution is -0.130. The van der Waals surface area contributed by atoms with Gasteiger partial charge in [0.15, 0.2) is 11.5 Å². The van der Waals surface area contributed by atoms with Crippen LogP contribution in [0.1, 0.15) is 12.5 Å². The molecule has 1 amide bonds. The molecule has 0 spiro atoms. The molecule has 1 N–H and O–H groups in total. The van der Waals surface area contributed by atoms with Crippen molar-refractivity contribution in [3.05, 3.63) is 54.1 Å². The number of hydrogen-bond donors (Lipinski definition) is 1. The Morgan fingerprint density at radius 1 is 1.25 bits per heavy atom. The summed E-state index contributed by atoms with van der Waals surface area (Å²) in [5.74, 6) is 1.63. The number of ether oxygens (including phenoxy) is 3. The van der Waals surface area contributed by atoms with Crippen molar-refractivity contribution in [2.24, 2.45) is 5.10 Å². The molecule has 2 aromatic rings. The van der Waals surface area contributed by atoms with E-state index < -0.39 is 6.10 Å². The van der Waals surface area contributed by atoms with Crippen LogP contribution in [0, 0.1) is 0 Å². The Morgan fingerprint density at radius 2 is 2.00 bits per heavy atom. The fourth-order valence-corrected chi connectivity index (χ4v) is 2.21. The molecule has 0 radical (unpaired) electrons. The number of nitrogens with zero attached hydrogens (tertiary/aromatic N) is 1. The zero-order valence-electron chi connectivity index (χ0n) is 13.3. The van der Waals surface area contributed by atoms with Crippen molar-refractivity contribution in [3.63, 3.8) is 0 Å². The highest BCUT2D eigenvalue weighted by molar-refractivity contribution is 5.85. The van der Waals surface area contributed by atoms with Gasteiger partial charge < -0.3 is 14.2 Å². The van der Waals surface area contributed by atoms with E-state index in [-0.39, 0.29) is 12.5 Å². The first-order chi connectivity index (χ1) is 11.8. The van der Waals surface area contributed by atoms with E-state index in [9.17, 15) is 4.79 Å². The van der Waals surface area contributed by atoms with Crippen LogP contribution in [-0.4, -0.2) is 31.4 Å². The summed E-state index contributed by atoms with van der Waals surface area (Å²) in [4.78, 5) is 12.1. The Kier molecular flexibility index (Phi) is 4.96. The summed E-state index contributed by atoms with van der Waals surface area (Å²) in [7, 11) is 0. The van der Waals surface area contributed by atoms with Gasteiger partial charge in [0.1, 0.15) is 12.4 Å². The van der Waals surface area contributed by atoms with Crippen molar-refractivity contribution in [1.82, 2.24) is 5.43 Å². The van der Waals surface area contributed by atoms with Crippen molar-refractivity contribution in [2.45, 2.75) is 13.0 Å². The minimum Gasteiger partial charge on any atom is -0.494 e. The Hall–Kier alpha value is -3.02. The van der Waals surface area contributed by atoms with Crippen LogP contribution in [0.3, 0.4) is 0 Å². The normalized spacial score (nSPS) is 16.0. The average Bonchev–Trinajstić information content (AvgIpc) is 2.63. The van der Waals surface area contributed by atoms with E-state index in [0.717, 1.165) is 11.3 Å². The first-order valence-electron chi connectivity index (χ1n) is 7.70. The molecule has 6 nitrogen and oxygen atoms in total. The maximum Gasteiger partial charge on any atom is 0.284 e. The number of carbonyl (C=O) groups is 1. The number of hydrogen-bond acceptors (Lipinski definition) is 5. The SMILES string of the molecule is CCOc1ccc(C=NNC(=O)[C@H]2COc3ccccc3O2)cc1. The smallest absolute Gasteiger partial charge is 0.284 e. The number of amides is 1. The molecule has 0 bridgehead atoms. The van der Waals surface area contributed by atoms with Crippen molar-refractivity contribution in [1.29, 1.82) is 0 Å². The van der Waals surface area contributed by atoms with Crippen LogP contribution in [0.2, 0.25) is 0 Å². The summed E-state index contributed by atoms with van der Waals surface area (Å²) >= 11 is 0. The molecule has 124 valence electrons. The predicted octanol–water partition coefficient (Wildman–Crippen LogP) is 2.38. The van der Waals surface area contributed by atoms with E-state index in [0.29, 0.717) is 18.1 Å². The highest BCUT2D eigenvalue weighted by Crippen LogP contribution is 2.30. The van der Waals surface area contributed by atoms with Crippen LogP contribution >= 0.6 is 0 Å². The lowest BCUT2D eigenvalue weighted by atomic mass is 10.2. The number of benzene rings is 2. The van der Waals surface area contributed by atoms with Gasteiger partial charge >= 0.3 is 0 Å². The number of rotatable bonds is 5. The van der Waals surface area contributed by atoms with Gasteiger partial charge in [-0.2, -0.15) is 5.10 Å². The van der Waals surface area contributed by atoms with Gasteiger partial charge in [-0.15, -0.1) is 0 Å². The molecule has 6 heteroatoms. The third kappa shape index (κ3) is 3.84. The minimum absolute atomic E-state index is 0.154. The average molecular weight is 326 g/mol. The number of nitrogens with one attached hydrogen (secondary N) is 1. The number of para-hydroxylation sites is 2. The van der Waals surface area contributed by atoms with Crippen LogP contribution in [0.4, 0.5) is 0 Å². The molecule has 0 saturated heterocycles. The number of hydrazone groups is 1. The summed E-state index contributed by atoms with van der Waals surface area (Å²) < 4.78 is 16.5. The van der Waals surface area contributed by atoms with Crippen molar-refractivity contribution in [3.8, 4) is 17.2 Å². The predicted molar refractivity (Wildman–Crippen MR) is 89.7 cm³/mol. The first-order valence-corrected chi connectivity index (χ1v) is 7.70. The van der Waals surface area contributed by atoms with Crippen molar-refractivity contribution in [2.75, 3.05) is 13.2 Å². The molecule has 2 aromatic carbocycles. The quantitative estimate of drug-likeness (QED) is 0.676. The molecule has 24 heavy (non-hydrogen) atoms. The van der Waals surface area contributed by atoms with E-state index in [1.807, 2.05) is 43.3 Å². The van der Waals surface area contributed by atoms with E-state index in [2.05, 4.69) is 10.5 Å². The van der Waals surface area contributed by atoms with Crippen LogP contribution in [-0.2, 0) is 4.79 Å². The molecule has 1 aliphatic rings. The lowest BCUT2D eigenvalue weighted by Gasteiger charge is -2.24. The Morgan fingerprint density at radius 3 is 2.75 bits per heavy atom. The molecule has 1 heterocycles. The third-order valence-electron chi connectivity index (χ3n) is 3.38. The number of fused-ring (bicyclic) bond motifs is 1. The fraction of sp³-hybridized carbons (Fsp3) is 0.222. The standard InChI is InChI=1S/C18H18N2O4/c1-2-22-14-9-7-13(8-10-14)11-19-20-18(21)17-12-23-15-5-3-4-6-16(15)24-17/h3-11,17H,2,12H2,1H3,(H,20,21)/t17-/m1/s1. The van der Waals surface area contributed by atoms with E-state index in [4.69, 9.17) is 14.2 Å². The second-order valence-corrected chi connectivity index (χ2v) is 5.10. The van der Waals surface area contributed by atoms with E-state index >= 15 is 0 Å². The van der Waals surface area contributed by atoms with Gasteiger partial charge in [0.05, 0.1) is 12.8 Å². The van der Waals surface area contributed by atoms with Crippen LogP contribution in [0.15, 0.2) is 53.6 Å². The Bertz CT molecular complexity index is 728. The molecule has 3 rings (SSSR count). The topological polar surface area (TPSA) is 69.2 Å². The number of carbonyl (C=O) groups excluding carboxylic acids is 1. The molecule has 0 aliphatic carbocycles. The zero-order chi connectivity index (χ0) is 16.8. The zero-order valence-corrected chi connectivity index (χ0v) is 13.3. The van der Waals surface area contributed by atoms with Gasteiger partial charge in [0, 0.05) is 0 Å². The molecule has 0 aromatic heterocycles. The summed E-state index contributed by atoms with van der Waals surface area (Å²) in [5.41, 5.74) is 3.32. The van der Waals surface area contributed by atoms with Crippen molar-refractivity contribution < 1.29 is 19.0 Å². The molecule has 1 aliphatic heterocycles. The van der Waals surface area contributed by atoms with Gasteiger partial charge in [-0.1, -0.05) is 12.1 Å². The molecule has 0 saturated carbocycles. The Balaban J connectivity index is 1.54. The van der Waals surface area contributed by atoms with Crippen LogP contribution in [0.5, 0.6) is 17.2 Å². The monoisotopic (exact) mass is 326 g/mol. The lowest BCUT2D eigenvalue weighted by Crippen LogP contribution is -2.42. The summed E-state index contributed by atoms with van der Waals surface area (Å²) in [5, 5.41) is 3.95. The van der Waals surface area contributed by atoms with Gasteiger partial charge in [-0.05, 0) is 48.9 Å². The van der Waals surface area contributed by atoms with Gasteiger partial charge in [0.25, 0.3) is 5.91 Å². The third-order valence-corrected chi connectivity index (χ3v) is 3.38. The van der Waals surface area contributed by atoms with E-state index in [1.165, 1.54) is 0 Å². The summed E-state index contributed by atoms with van der Waals surface area (Å²) in [6.45, 7) is 2.71. The molecular formula is C18H18N2O4. The second-order valence-electron chi connectivity index (χ2n) is 5.10. The van der Waals surface area contributed by atoms with E-state index in [1.54, 1.807) is 18.3 Å². The maximum atomic E-state index is 12.1. The van der Waals surface area contributed by atoms with Gasteiger partial charge in [-0.3, -0.25) is 4.79 Å². The van der Waals surface area contributed by atoms with Crippen LogP contribution < -0.4 is 19.6 Å². The first kappa shape index (κ1) is 15.9. The maximum absolute atomic E-state index is 12.1. The summed E-state index contributed by atoms with van der Waals surface area (Å²) in [6.07, 6.45) is 0.836. The van der Waals surface area contributed by atoms with Crippen LogP contribution in [0.25, 0.3) is 0 Å². The Labute approximate surface area is 140 Å². The molecule has 0 unspecified atom stereocenters. The second kappa shape index (κ2) is 7.50. The fourth-order valence-electron chi connectivity index (χ4n) is 2.21. The minimum atomic E-state index is -0.725. The van der Waals surface area contributed by atoms with Gasteiger partial charge in [0.2, 0.25) is 6.10 Å². The highest BCUT2D eigenvalue weighted by Gasteiger charge is 2.26. The molecule has 0 fully saturated rings. The van der Waals surface area contributed by atoms with Crippen molar-refractivity contribution >= 4 is 12.1 Å². The largest absolute Gasteiger partial charge is 0.494 e. The summed E-state index contributed by atoms with van der Waals surface area (Å²) in [6, 6.07) is 14.7.